The van der Waals surface area contributed by atoms with Crippen LogP contribution in [0, 0.1) is 5.92 Å². The molecule has 0 aromatic carbocycles. The van der Waals surface area contributed by atoms with Gasteiger partial charge in [-0.05, 0) is 25.2 Å². The molecule has 1 unspecified atom stereocenters. The lowest BCUT2D eigenvalue weighted by Crippen LogP contribution is -2.34. The number of hydrogen-bond donors (Lipinski definition) is 4. The van der Waals surface area contributed by atoms with Crippen molar-refractivity contribution in [3.05, 3.63) is 20.8 Å². The maximum Gasteiger partial charge on any atom is 0.330 e. The third-order valence-electron chi connectivity index (χ3n) is 3.49. The molecule has 7 nitrogen and oxygen atoms in total. The number of H-pyrrole nitrogens is 1. The molecule has 0 amide bonds. The lowest BCUT2D eigenvalue weighted by atomic mass is 10.0. The number of nitrogens with two attached hydrogens (primary N) is 1. The predicted octanol–water partition coefficient (Wildman–Crippen LogP) is 0.739. The zero-order valence-electron chi connectivity index (χ0n) is 12.8. The fourth-order valence-electron chi connectivity index (χ4n) is 2.39. The van der Waals surface area contributed by atoms with E-state index in [1.807, 2.05) is 6.92 Å². The summed E-state index contributed by atoms with van der Waals surface area (Å²) in [5.41, 5.74) is 5.20. The molecular weight excluding hydrogens is 272 g/mol. The molecule has 0 aliphatic heterocycles. The van der Waals surface area contributed by atoms with Crippen molar-refractivity contribution in [2.24, 2.45) is 5.92 Å². The molecule has 5 N–H and O–H groups in total. The number of aliphatic hydroxyl groups excluding tert-OH is 1. The van der Waals surface area contributed by atoms with Crippen LogP contribution in [0.4, 0.5) is 11.5 Å². The molecular formula is C14H26N4O3. The van der Waals surface area contributed by atoms with Crippen molar-refractivity contribution in [1.82, 2.24) is 9.55 Å². The average Bonchev–Trinajstić information content (AvgIpc) is 2.43. The smallest absolute Gasteiger partial charge is 0.330 e. The van der Waals surface area contributed by atoms with Crippen LogP contribution in [-0.4, -0.2) is 27.8 Å². The topological polar surface area (TPSA) is 113 Å². The van der Waals surface area contributed by atoms with Crippen molar-refractivity contribution >= 4 is 11.5 Å². The standard InChI is InChI=1S/C14H26N4O3/c1-3-5-10(6-8-19)9-16-11-12(15)18(7-4-2)14(21)17-13(11)20/h10,16,19H,3-9,15H2,1-2H3,(H,17,20,21). The zero-order chi connectivity index (χ0) is 15.8. The van der Waals surface area contributed by atoms with Crippen LogP contribution < -0.4 is 22.3 Å². The second-order valence-electron chi connectivity index (χ2n) is 5.22. The Morgan fingerprint density at radius 3 is 2.57 bits per heavy atom. The zero-order valence-corrected chi connectivity index (χ0v) is 12.8. The summed E-state index contributed by atoms with van der Waals surface area (Å²) >= 11 is 0. The number of nitrogens with zero attached hydrogens (tertiary/aromatic N) is 1. The molecule has 1 atom stereocenters. The fraction of sp³-hybridized carbons (Fsp3) is 0.714. The van der Waals surface area contributed by atoms with Gasteiger partial charge in [0.15, 0.2) is 0 Å². The quantitative estimate of drug-likeness (QED) is 0.537. The normalized spacial score (nSPS) is 12.3. The van der Waals surface area contributed by atoms with Gasteiger partial charge in [0.25, 0.3) is 5.56 Å². The molecule has 1 heterocycles. The van der Waals surface area contributed by atoms with Crippen LogP contribution in [0.3, 0.4) is 0 Å². The van der Waals surface area contributed by atoms with Crippen molar-refractivity contribution in [3.63, 3.8) is 0 Å². The SMILES string of the molecule is CCCC(CCO)CNc1c(N)n(CCC)c(=O)[nH]c1=O. The molecule has 120 valence electrons. The Balaban J connectivity index is 2.94. The van der Waals surface area contributed by atoms with Gasteiger partial charge in [0.2, 0.25) is 0 Å². The van der Waals surface area contributed by atoms with Crippen LogP contribution in [0.25, 0.3) is 0 Å². The highest BCUT2D eigenvalue weighted by Gasteiger charge is 2.14. The summed E-state index contributed by atoms with van der Waals surface area (Å²) in [7, 11) is 0. The van der Waals surface area contributed by atoms with E-state index in [2.05, 4.69) is 17.2 Å². The number of nitrogen functional groups attached to an aromatic ring is 1. The first-order chi connectivity index (χ1) is 10.0. The van der Waals surface area contributed by atoms with E-state index in [4.69, 9.17) is 10.8 Å². The van der Waals surface area contributed by atoms with Crippen LogP contribution in [-0.2, 0) is 6.54 Å². The van der Waals surface area contributed by atoms with Crippen LogP contribution >= 0.6 is 0 Å². The van der Waals surface area contributed by atoms with E-state index in [0.29, 0.717) is 19.5 Å². The Morgan fingerprint density at radius 1 is 1.29 bits per heavy atom. The van der Waals surface area contributed by atoms with Gasteiger partial charge in [-0.25, -0.2) is 4.79 Å². The molecule has 21 heavy (non-hydrogen) atoms. The molecule has 0 aliphatic carbocycles. The number of rotatable bonds is 9. The molecule has 0 bridgehead atoms. The second kappa shape index (κ2) is 8.51. The Morgan fingerprint density at radius 2 is 2.00 bits per heavy atom. The molecule has 0 saturated heterocycles. The fourth-order valence-corrected chi connectivity index (χ4v) is 2.39. The molecule has 1 aromatic rings. The predicted molar refractivity (Wildman–Crippen MR) is 84.6 cm³/mol. The number of hydrogen-bond acceptors (Lipinski definition) is 5. The molecule has 0 spiro atoms. The largest absolute Gasteiger partial charge is 0.396 e. The number of aliphatic hydroxyl groups is 1. The van der Waals surface area contributed by atoms with Gasteiger partial charge in [0.1, 0.15) is 11.5 Å². The first kappa shape index (κ1) is 17.3. The van der Waals surface area contributed by atoms with E-state index in [9.17, 15) is 9.59 Å². The Bertz CT molecular complexity index is 544. The van der Waals surface area contributed by atoms with Gasteiger partial charge in [0.05, 0.1) is 0 Å². The van der Waals surface area contributed by atoms with Gasteiger partial charge in [-0.3, -0.25) is 14.3 Å². The van der Waals surface area contributed by atoms with Crippen molar-refractivity contribution < 1.29 is 5.11 Å². The lowest BCUT2D eigenvalue weighted by Gasteiger charge is -2.18. The first-order valence-electron chi connectivity index (χ1n) is 7.52. The van der Waals surface area contributed by atoms with Crippen molar-refractivity contribution in [2.45, 2.75) is 46.1 Å². The minimum Gasteiger partial charge on any atom is -0.396 e. The van der Waals surface area contributed by atoms with Crippen LogP contribution in [0.5, 0.6) is 0 Å². The van der Waals surface area contributed by atoms with E-state index in [1.165, 1.54) is 4.57 Å². The summed E-state index contributed by atoms with van der Waals surface area (Å²) < 4.78 is 1.37. The molecule has 1 rings (SSSR count). The second-order valence-corrected chi connectivity index (χ2v) is 5.22. The van der Waals surface area contributed by atoms with Gasteiger partial charge in [-0.15, -0.1) is 0 Å². The van der Waals surface area contributed by atoms with E-state index < -0.39 is 11.2 Å². The number of aromatic nitrogens is 2. The van der Waals surface area contributed by atoms with Crippen LogP contribution in [0.1, 0.15) is 39.5 Å². The summed E-state index contributed by atoms with van der Waals surface area (Å²) in [5.74, 6) is 0.440. The van der Waals surface area contributed by atoms with E-state index in [0.717, 1.165) is 19.3 Å². The third kappa shape index (κ3) is 4.63. The van der Waals surface area contributed by atoms with Crippen molar-refractivity contribution in [2.75, 3.05) is 24.2 Å². The van der Waals surface area contributed by atoms with E-state index >= 15 is 0 Å². The lowest BCUT2D eigenvalue weighted by molar-refractivity contribution is 0.255. The first-order valence-corrected chi connectivity index (χ1v) is 7.52. The minimum absolute atomic E-state index is 0.119. The van der Waals surface area contributed by atoms with Crippen molar-refractivity contribution in [3.8, 4) is 0 Å². The summed E-state index contributed by atoms with van der Waals surface area (Å²) in [6.07, 6.45) is 3.39. The third-order valence-corrected chi connectivity index (χ3v) is 3.49. The Hall–Kier alpha value is -1.76. The van der Waals surface area contributed by atoms with E-state index in [1.54, 1.807) is 0 Å². The number of nitrogens with one attached hydrogen (secondary N) is 2. The van der Waals surface area contributed by atoms with Gasteiger partial charge in [-0.2, -0.15) is 0 Å². The molecule has 1 aromatic heterocycles. The molecule has 0 saturated carbocycles. The number of anilines is 2. The number of aromatic amines is 1. The molecule has 7 heteroatoms. The molecule has 0 radical (unpaired) electrons. The molecule has 0 fully saturated rings. The highest BCUT2D eigenvalue weighted by molar-refractivity contribution is 5.60. The maximum absolute atomic E-state index is 11.9. The van der Waals surface area contributed by atoms with Gasteiger partial charge >= 0.3 is 5.69 Å². The van der Waals surface area contributed by atoms with Gasteiger partial charge < -0.3 is 16.2 Å². The highest BCUT2D eigenvalue weighted by Crippen LogP contribution is 2.15. The van der Waals surface area contributed by atoms with Crippen LogP contribution in [0.2, 0.25) is 0 Å². The monoisotopic (exact) mass is 298 g/mol. The average molecular weight is 298 g/mol. The summed E-state index contributed by atoms with van der Waals surface area (Å²) in [6, 6.07) is 0. The maximum atomic E-state index is 11.9. The van der Waals surface area contributed by atoms with Crippen LogP contribution in [0.15, 0.2) is 9.59 Å². The minimum atomic E-state index is -0.496. The summed E-state index contributed by atoms with van der Waals surface area (Å²) in [6.45, 7) is 5.14. The Labute approximate surface area is 124 Å². The Kier molecular flexibility index (Phi) is 7.01. The summed E-state index contributed by atoms with van der Waals surface area (Å²) in [5, 5.41) is 12.1. The summed E-state index contributed by atoms with van der Waals surface area (Å²) in [4.78, 5) is 25.9. The highest BCUT2D eigenvalue weighted by atomic mass is 16.3. The van der Waals surface area contributed by atoms with Crippen molar-refractivity contribution in [1.29, 1.82) is 0 Å². The molecule has 0 aliphatic rings. The van der Waals surface area contributed by atoms with Gasteiger partial charge in [0, 0.05) is 19.7 Å². The van der Waals surface area contributed by atoms with E-state index in [-0.39, 0.29) is 24.0 Å². The van der Waals surface area contributed by atoms with Gasteiger partial charge in [-0.1, -0.05) is 20.3 Å².